The predicted molar refractivity (Wildman–Crippen MR) is 64.0 cm³/mol. The quantitative estimate of drug-likeness (QED) is 0.630. The van der Waals surface area contributed by atoms with Gasteiger partial charge in [-0.2, -0.15) is 0 Å². The molecule has 0 aromatic heterocycles. The van der Waals surface area contributed by atoms with E-state index in [2.05, 4.69) is 20.7 Å². The second-order valence-electron chi connectivity index (χ2n) is 3.52. The molecular weight excluding hydrogens is 272 g/mol. The van der Waals surface area contributed by atoms with E-state index in [9.17, 15) is 9.59 Å². The summed E-state index contributed by atoms with van der Waals surface area (Å²) in [7, 11) is 1.29. The van der Waals surface area contributed by atoms with Crippen LogP contribution in [0.25, 0.3) is 0 Å². The molecule has 4 heteroatoms. The van der Waals surface area contributed by atoms with Gasteiger partial charge < -0.3 is 4.74 Å². The number of rotatable bonds is 4. The number of hydrogen-bond donors (Lipinski definition) is 0. The molecular formula is C12H13BrO3. The summed E-state index contributed by atoms with van der Waals surface area (Å²) in [5, 5.41) is 0. The summed E-state index contributed by atoms with van der Waals surface area (Å²) in [5.41, 5.74) is 0.931. The number of carbonyl (C=O) groups excluding carboxylic acids is 2. The van der Waals surface area contributed by atoms with Crippen LogP contribution in [0.5, 0.6) is 0 Å². The van der Waals surface area contributed by atoms with Crippen molar-refractivity contribution in [2.24, 2.45) is 5.92 Å². The van der Waals surface area contributed by atoms with Crippen LogP contribution in [0, 0.1) is 5.92 Å². The fourth-order valence-corrected chi connectivity index (χ4v) is 1.88. The van der Waals surface area contributed by atoms with Gasteiger partial charge in [-0.15, -0.1) is 0 Å². The molecule has 0 aliphatic carbocycles. The van der Waals surface area contributed by atoms with Crippen molar-refractivity contribution in [1.82, 2.24) is 0 Å². The first-order chi connectivity index (χ1) is 7.54. The van der Waals surface area contributed by atoms with Crippen molar-refractivity contribution >= 4 is 27.7 Å². The summed E-state index contributed by atoms with van der Waals surface area (Å²) in [4.78, 5) is 22.7. The molecule has 1 rings (SSSR count). The first-order valence-corrected chi connectivity index (χ1v) is 5.66. The fraction of sp³-hybridized carbons (Fsp3) is 0.333. The smallest absolute Gasteiger partial charge is 0.316 e. The minimum Gasteiger partial charge on any atom is -0.468 e. The molecule has 1 aromatic carbocycles. The van der Waals surface area contributed by atoms with Crippen LogP contribution in [0.15, 0.2) is 28.7 Å². The third kappa shape index (κ3) is 3.45. The number of halogens is 1. The Hall–Kier alpha value is -1.16. The highest BCUT2D eigenvalue weighted by Crippen LogP contribution is 2.16. The van der Waals surface area contributed by atoms with Crippen molar-refractivity contribution in [3.05, 3.63) is 34.3 Å². The first kappa shape index (κ1) is 12.9. The molecule has 0 radical (unpaired) electrons. The normalized spacial score (nSPS) is 11.9. The summed E-state index contributed by atoms with van der Waals surface area (Å²) >= 11 is 3.34. The van der Waals surface area contributed by atoms with Gasteiger partial charge >= 0.3 is 5.97 Å². The summed E-state index contributed by atoms with van der Waals surface area (Å²) in [6.07, 6.45) is 0.376. The number of Topliss-reactive ketones (excluding diaryl/α,β-unsaturated/α-hetero) is 1. The lowest BCUT2D eigenvalue weighted by atomic mass is 9.96. The molecule has 3 nitrogen and oxygen atoms in total. The Morgan fingerprint density at radius 1 is 1.44 bits per heavy atom. The highest BCUT2D eigenvalue weighted by molar-refractivity contribution is 9.10. The largest absolute Gasteiger partial charge is 0.468 e. The van der Waals surface area contributed by atoms with E-state index in [1.54, 1.807) is 0 Å². The van der Waals surface area contributed by atoms with Gasteiger partial charge in [-0.25, -0.2) is 0 Å². The van der Waals surface area contributed by atoms with Gasteiger partial charge in [0.2, 0.25) is 0 Å². The number of ether oxygens (including phenoxy) is 1. The van der Waals surface area contributed by atoms with Crippen molar-refractivity contribution in [3.63, 3.8) is 0 Å². The zero-order chi connectivity index (χ0) is 12.1. The zero-order valence-electron chi connectivity index (χ0n) is 9.20. The topological polar surface area (TPSA) is 43.4 Å². The van der Waals surface area contributed by atoms with Gasteiger partial charge in [0.05, 0.1) is 7.11 Å². The number of hydrogen-bond acceptors (Lipinski definition) is 3. The highest BCUT2D eigenvalue weighted by atomic mass is 79.9. The Bertz CT molecular complexity index is 401. The molecule has 0 amide bonds. The van der Waals surface area contributed by atoms with E-state index in [0.717, 1.165) is 10.0 Å². The minimum absolute atomic E-state index is 0.174. The maximum atomic E-state index is 11.4. The maximum Gasteiger partial charge on any atom is 0.316 e. The lowest BCUT2D eigenvalue weighted by molar-refractivity contribution is -0.148. The van der Waals surface area contributed by atoms with Crippen molar-refractivity contribution in [2.45, 2.75) is 13.3 Å². The Morgan fingerprint density at radius 3 is 2.62 bits per heavy atom. The Morgan fingerprint density at radius 2 is 2.12 bits per heavy atom. The molecule has 0 aliphatic rings. The number of methoxy groups -OCH3 is 1. The molecule has 0 aliphatic heterocycles. The molecule has 0 saturated carbocycles. The molecule has 0 fully saturated rings. The lowest BCUT2D eigenvalue weighted by Gasteiger charge is -2.11. The van der Waals surface area contributed by atoms with Crippen LogP contribution >= 0.6 is 15.9 Å². The molecule has 86 valence electrons. The number of esters is 1. The molecule has 1 aromatic rings. The standard InChI is InChI=1S/C12H13BrO3/c1-8(14)11(12(15)16-2)7-9-4-3-5-10(13)6-9/h3-6,11H,7H2,1-2H3. The minimum atomic E-state index is -0.709. The van der Waals surface area contributed by atoms with Gasteiger partial charge in [-0.05, 0) is 31.0 Å². The second kappa shape index (κ2) is 5.80. The number of benzene rings is 1. The van der Waals surface area contributed by atoms with Crippen LogP contribution in [0.3, 0.4) is 0 Å². The number of ketones is 1. The Balaban J connectivity index is 2.84. The monoisotopic (exact) mass is 284 g/mol. The van der Waals surface area contributed by atoms with Crippen molar-refractivity contribution in [1.29, 1.82) is 0 Å². The van der Waals surface area contributed by atoms with E-state index in [4.69, 9.17) is 0 Å². The van der Waals surface area contributed by atoms with Crippen LogP contribution in [0.1, 0.15) is 12.5 Å². The van der Waals surface area contributed by atoms with Gasteiger partial charge in [0.1, 0.15) is 11.7 Å². The molecule has 0 N–H and O–H groups in total. The van der Waals surface area contributed by atoms with Crippen molar-refractivity contribution in [2.75, 3.05) is 7.11 Å². The SMILES string of the molecule is COC(=O)C(Cc1cccc(Br)c1)C(C)=O. The van der Waals surface area contributed by atoms with E-state index >= 15 is 0 Å². The van der Waals surface area contributed by atoms with E-state index in [0.29, 0.717) is 6.42 Å². The highest BCUT2D eigenvalue weighted by Gasteiger charge is 2.24. The molecule has 0 saturated heterocycles. The second-order valence-corrected chi connectivity index (χ2v) is 4.44. The average Bonchev–Trinajstić information content (AvgIpc) is 2.24. The van der Waals surface area contributed by atoms with E-state index in [1.165, 1.54) is 14.0 Å². The molecule has 0 heterocycles. The predicted octanol–water partition coefficient (Wildman–Crippen LogP) is 2.37. The van der Waals surface area contributed by atoms with Crippen LogP contribution in [0.2, 0.25) is 0 Å². The molecule has 0 bridgehead atoms. The number of carbonyl (C=O) groups is 2. The summed E-state index contributed by atoms with van der Waals surface area (Å²) in [6, 6.07) is 7.53. The van der Waals surface area contributed by atoms with Gasteiger partial charge in [0, 0.05) is 4.47 Å². The lowest BCUT2D eigenvalue weighted by Crippen LogP contribution is -2.25. The van der Waals surface area contributed by atoms with Crippen LogP contribution < -0.4 is 0 Å². The fourth-order valence-electron chi connectivity index (χ4n) is 1.43. The van der Waals surface area contributed by atoms with Gasteiger partial charge in [-0.3, -0.25) is 9.59 Å². The van der Waals surface area contributed by atoms with Crippen LogP contribution in [-0.4, -0.2) is 18.9 Å². The van der Waals surface area contributed by atoms with Gasteiger partial charge in [0.25, 0.3) is 0 Å². The van der Waals surface area contributed by atoms with Crippen molar-refractivity contribution < 1.29 is 14.3 Å². The third-order valence-electron chi connectivity index (χ3n) is 2.31. The van der Waals surface area contributed by atoms with Crippen LogP contribution in [0.4, 0.5) is 0 Å². The van der Waals surface area contributed by atoms with Gasteiger partial charge in [-0.1, -0.05) is 28.1 Å². The van der Waals surface area contributed by atoms with E-state index in [1.807, 2.05) is 24.3 Å². The molecule has 1 atom stereocenters. The Labute approximate surface area is 103 Å². The van der Waals surface area contributed by atoms with E-state index in [-0.39, 0.29) is 5.78 Å². The molecule has 1 unspecified atom stereocenters. The zero-order valence-corrected chi connectivity index (χ0v) is 10.8. The summed E-state index contributed by atoms with van der Waals surface area (Å²) in [6.45, 7) is 1.40. The summed E-state index contributed by atoms with van der Waals surface area (Å²) in [5.74, 6) is -1.36. The molecule has 0 spiro atoms. The van der Waals surface area contributed by atoms with Gasteiger partial charge in [0.15, 0.2) is 0 Å². The van der Waals surface area contributed by atoms with E-state index < -0.39 is 11.9 Å². The van der Waals surface area contributed by atoms with Crippen molar-refractivity contribution in [3.8, 4) is 0 Å². The average molecular weight is 285 g/mol. The third-order valence-corrected chi connectivity index (χ3v) is 2.80. The first-order valence-electron chi connectivity index (χ1n) is 4.87. The van der Waals surface area contributed by atoms with Crippen LogP contribution in [-0.2, 0) is 20.7 Å². The summed E-state index contributed by atoms with van der Waals surface area (Å²) < 4.78 is 5.53. The maximum absolute atomic E-state index is 11.4. The Kier molecular flexibility index (Phi) is 4.68. The molecule has 16 heavy (non-hydrogen) atoms.